The zero-order valence-corrected chi connectivity index (χ0v) is 12.1. The second-order valence-electron chi connectivity index (χ2n) is 4.27. The highest BCUT2D eigenvalue weighted by Gasteiger charge is 2.12. The Bertz CT molecular complexity index is 750. The van der Waals surface area contributed by atoms with Crippen molar-refractivity contribution < 1.29 is 0 Å². The highest BCUT2D eigenvalue weighted by Crippen LogP contribution is 2.26. The standard InChI is InChI=1S/C13H12BrN5/c1-8-11-12(15-7-16-13(11)19(2)18-8)17-10-5-3-4-9(14)6-10/h3-7H,1-2H3,(H,15,16,17). The molecule has 0 amide bonds. The molecular weight excluding hydrogens is 306 g/mol. The molecule has 2 aromatic heterocycles. The highest BCUT2D eigenvalue weighted by atomic mass is 79.9. The van der Waals surface area contributed by atoms with E-state index < -0.39 is 0 Å². The maximum absolute atomic E-state index is 4.37. The topological polar surface area (TPSA) is 55.6 Å². The van der Waals surface area contributed by atoms with Gasteiger partial charge in [0.05, 0.1) is 11.1 Å². The van der Waals surface area contributed by atoms with E-state index in [0.29, 0.717) is 0 Å². The van der Waals surface area contributed by atoms with Crippen molar-refractivity contribution in [1.82, 2.24) is 19.7 Å². The molecule has 0 saturated carbocycles. The number of hydrogen-bond acceptors (Lipinski definition) is 4. The molecule has 0 aliphatic rings. The molecule has 1 aromatic carbocycles. The van der Waals surface area contributed by atoms with E-state index in [9.17, 15) is 0 Å². The van der Waals surface area contributed by atoms with Crippen molar-refractivity contribution >= 4 is 38.5 Å². The molecule has 0 fully saturated rings. The Balaban J connectivity index is 2.11. The van der Waals surface area contributed by atoms with Gasteiger partial charge in [0, 0.05) is 17.2 Å². The molecule has 2 heterocycles. The Hall–Kier alpha value is -1.95. The molecule has 0 aliphatic heterocycles. The zero-order chi connectivity index (χ0) is 13.4. The van der Waals surface area contributed by atoms with Gasteiger partial charge in [-0.3, -0.25) is 4.68 Å². The van der Waals surface area contributed by atoms with E-state index >= 15 is 0 Å². The first-order valence-electron chi connectivity index (χ1n) is 5.82. The summed E-state index contributed by atoms with van der Waals surface area (Å²) in [5, 5.41) is 8.63. The van der Waals surface area contributed by atoms with Crippen molar-refractivity contribution in [3.63, 3.8) is 0 Å². The molecule has 0 aliphatic carbocycles. The number of halogens is 1. The van der Waals surface area contributed by atoms with Crippen molar-refractivity contribution in [3.8, 4) is 0 Å². The molecule has 19 heavy (non-hydrogen) atoms. The van der Waals surface area contributed by atoms with Crippen LogP contribution in [0.4, 0.5) is 11.5 Å². The van der Waals surface area contributed by atoms with Gasteiger partial charge in [0.25, 0.3) is 0 Å². The second kappa shape index (κ2) is 4.62. The van der Waals surface area contributed by atoms with Crippen molar-refractivity contribution in [3.05, 3.63) is 40.8 Å². The number of anilines is 2. The van der Waals surface area contributed by atoms with Gasteiger partial charge in [0.2, 0.25) is 0 Å². The Morgan fingerprint density at radius 3 is 2.89 bits per heavy atom. The summed E-state index contributed by atoms with van der Waals surface area (Å²) in [6, 6.07) is 7.95. The zero-order valence-electron chi connectivity index (χ0n) is 10.6. The number of hydrogen-bond donors (Lipinski definition) is 1. The lowest BCUT2D eigenvalue weighted by atomic mass is 10.2. The minimum atomic E-state index is 0.772. The first-order valence-corrected chi connectivity index (χ1v) is 6.61. The van der Waals surface area contributed by atoms with Gasteiger partial charge in [-0.2, -0.15) is 5.10 Å². The van der Waals surface area contributed by atoms with Gasteiger partial charge in [-0.1, -0.05) is 22.0 Å². The van der Waals surface area contributed by atoms with Gasteiger partial charge in [-0.15, -0.1) is 0 Å². The third-order valence-electron chi connectivity index (χ3n) is 2.88. The van der Waals surface area contributed by atoms with Gasteiger partial charge in [-0.05, 0) is 25.1 Å². The number of benzene rings is 1. The first kappa shape index (κ1) is 12.1. The molecule has 96 valence electrons. The van der Waals surface area contributed by atoms with Crippen LogP contribution in [-0.4, -0.2) is 19.7 Å². The lowest BCUT2D eigenvalue weighted by Gasteiger charge is -2.07. The minimum Gasteiger partial charge on any atom is -0.339 e. The molecule has 5 nitrogen and oxygen atoms in total. The van der Waals surface area contributed by atoms with E-state index in [1.54, 1.807) is 11.0 Å². The average molecular weight is 318 g/mol. The van der Waals surface area contributed by atoms with Crippen LogP contribution in [0.15, 0.2) is 35.1 Å². The van der Waals surface area contributed by atoms with Gasteiger partial charge in [0.15, 0.2) is 5.65 Å². The summed E-state index contributed by atoms with van der Waals surface area (Å²) in [4.78, 5) is 8.58. The summed E-state index contributed by atoms with van der Waals surface area (Å²) < 4.78 is 2.78. The minimum absolute atomic E-state index is 0.772. The molecule has 0 bridgehead atoms. The van der Waals surface area contributed by atoms with E-state index in [1.807, 2.05) is 38.2 Å². The fourth-order valence-electron chi connectivity index (χ4n) is 2.07. The van der Waals surface area contributed by atoms with Crippen LogP contribution in [0.3, 0.4) is 0 Å². The van der Waals surface area contributed by atoms with Crippen molar-refractivity contribution in [2.75, 3.05) is 5.32 Å². The molecule has 0 saturated heterocycles. The van der Waals surface area contributed by atoms with Gasteiger partial charge >= 0.3 is 0 Å². The summed E-state index contributed by atoms with van der Waals surface area (Å²) in [6.07, 6.45) is 1.55. The molecule has 3 aromatic rings. The maximum Gasteiger partial charge on any atom is 0.163 e. The van der Waals surface area contributed by atoms with Crippen LogP contribution in [-0.2, 0) is 7.05 Å². The SMILES string of the molecule is Cc1nn(C)c2ncnc(Nc3cccc(Br)c3)c12. The lowest BCUT2D eigenvalue weighted by Crippen LogP contribution is -1.97. The molecular formula is C13H12BrN5. The molecule has 1 N–H and O–H groups in total. The van der Waals surface area contributed by atoms with Crippen LogP contribution in [0, 0.1) is 6.92 Å². The van der Waals surface area contributed by atoms with Crippen LogP contribution in [0.1, 0.15) is 5.69 Å². The van der Waals surface area contributed by atoms with Crippen LogP contribution in [0.2, 0.25) is 0 Å². The van der Waals surface area contributed by atoms with Crippen molar-refractivity contribution in [1.29, 1.82) is 0 Å². The number of nitrogens with one attached hydrogen (secondary N) is 1. The van der Waals surface area contributed by atoms with Gasteiger partial charge in [0.1, 0.15) is 12.1 Å². The number of aryl methyl sites for hydroxylation is 2. The number of nitrogens with zero attached hydrogens (tertiary/aromatic N) is 4. The quantitative estimate of drug-likeness (QED) is 0.788. The summed E-state index contributed by atoms with van der Waals surface area (Å²) in [7, 11) is 1.88. The van der Waals surface area contributed by atoms with Crippen molar-refractivity contribution in [2.45, 2.75) is 6.92 Å². The summed E-state index contributed by atoms with van der Waals surface area (Å²) in [5.74, 6) is 0.772. The normalized spacial score (nSPS) is 10.9. The van der Waals surface area contributed by atoms with E-state index in [2.05, 4.69) is 36.3 Å². The van der Waals surface area contributed by atoms with E-state index in [4.69, 9.17) is 0 Å². The number of rotatable bonds is 2. The summed E-state index contributed by atoms with van der Waals surface area (Å²) in [6.45, 7) is 1.96. The third kappa shape index (κ3) is 2.19. The average Bonchev–Trinajstić information content (AvgIpc) is 2.66. The fraction of sp³-hybridized carbons (Fsp3) is 0.154. The molecule has 3 rings (SSSR count). The van der Waals surface area contributed by atoms with Crippen LogP contribution in [0.5, 0.6) is 0 Å². The first-order chi connectivity index (χ1) is 9.15. The maximum atomic E-state index is 4.37. The Labute approximate surface area is 118 Å². The van der Waals surface area contributed by atoms with E-state index in [-0.39, 0.29) is 0 Å². The molecule has 0 radical (unpaired) electrons. The Morgan fingerprint density at radius 2 is 2.11 bits per heavy atom. The molecule has 0 spiro atoms. The smallest absolute Gasteiger partial charge is 0.163 e. The van der Waals surface area contributed by atoms with Crippen LogP contribution in [0.25, 0.3) is 11.0 Å². The molecule has 0 atom stereocenters. The number of fused-ring (bicyclic) bond motifs is 1. The van der Waals surface area contributed by atoms with E-state index in [1.165, 1.54) is 0 Å². The van der Waals surface area contributed by atoms with Crippen molar-refractivity contribution in [2.24, 2.45) is 7.05 Å². The van der Waals surface area contributed by atoms with E-state index in [0.717, 1.165) is 32.7 Å². The molecule has 0 unspecified atom stereocenters. The summed E-state index contributed by atoms with van der Waals surface area (Å²) >= 11 is 3.45. The van der Waals surface area contributed by atoms with Crippen LogP contribution >= 0.6 is 15.9 Å². The van der Waals surface area contributed by atoms with Gasteiger partial charge < -0.3 is 5.32 Å². The van der Waals surface area contributed by atoms with Crippen LogP contribution < -0.4 is 5.32 Å². The fourth-order valence-corrected chi connectivity index (χ4v) is 2.47. The molecule has 6 heteroatoms. The predicted octanol–water partition coefficient (Wildman–Crippen LogP) is 3.18. The Kier molecular flexibility index (Phi) is 2.94. The Morgan fingerprint density at radius 1 is 1.26 bits per heavy atom. The predicted molar refractivity (Wildman–Crippen MR) is 78.5 cm³/mol. The number of aromatic nitrogens is 4. The second-order valence-corrected chi connectivity index (χ2v) is 5.18. The van der Waals surface area contributed by atoms with Gasteiger partial charge in [-0.25, -0.2) is 9.97 Å². The third-order valence-corrected chi connectivity index (χ3v) is 3.38. The summed E-state index contributed by atoms with van der Waals surface area (Å²) in [5.41, 5.74) is 2.71. The largest absolute Gasteiger partial charge is 0.339 e. The highest BCUT2D eigenvalue weighted by molar-refractivity contribution is 9.10. The lowest BCUT2D eigenvalue weighted by molar-refractivity contribution is 0.773. The monoisotopic (exact) mass is 317 g/mol.